The van der Waals surface area contributed by atoms with E-state index in [0.717, 1.165) is 0 Å². The molecule has 3 atom stereocenters. The second kappa shape index (κ2) is 36.5. The largest absolute Gasteiger partial charge is 0.464 e. The fourth-order valence-electron chi connectivity index (χ4n) is 1.89. The number of hydrogen-bond donors (Lipinski definition) is 2. The topological polar surface area (TPSA) is 111 Å². The summed E-state index contributed by atoms with van der Waals surface area (Å²) in [5.41, 5.74) is 0. The highest BCUT2D eigenvalue weighted by Gasteiger charge is 2.21. The van der Waals surface area contributed by atoms with Gasteiger partial charge in [0, 0.05) is 26.7 Å². The third-order valence-electron chi connectivity index (χ3n) is 2.92. The summed E-state index contributed by atoms with van der Waals surface area (Å²) >= 11 is 0. The number of aliphatic hydroxyl groups excluding tert-OH is 1. The fraction of sp³-hybridized carbons (Fsp3) is 0.875. The first-order valence-corrected chi connectivity index (χ1v) is 7.67. The van der Waals surface area contributed by atoms with Crippen molar-refractivity contribution in [3.8, 4) is 0 Å². The van der Waals surface area contributed by atoms with E-state index in [1.807, 2.05) is 6.92 Å². The predicted molar refractivity (Wildman–Crippen MR) is 142 cm³/mol. The Morgan fingerprint density at radius 1 is 0.812 bits per heavy atom. The van der Waals surface area contributed by atoms with Crippen molar-refractivity contribution in [2.45, 2.75) is 132 Å². The predicted octanol–water partition coefficient (Wildman–Crippen LogP) is 6.87. The summed E-state index contributed by atoms with van der Waals surface area (Å²) in [6.45, 7) is 6.27. The Morgan fingerprint density at radius 2 is 1.28 bits per heavy atom. The second-order valence-electron chi connectivity index (χ2n) is 5.25. The molecule has 0 aliphatic carbocycles. The lowest BCUT2D eigenvalue weighted by atomic mass is 10.0. The van der Waals surface area contributed by atoms with E-state index in [-0.39, 0.29) is 92.8 Å². The van der Waals surface area contributed by atoms with Gasteiger partial charge in [0.15, 0.2) is 0 Å². The van der Waals surface area contributed by atoms with Crippen LogP contribution in [-0.4, -0.2) is 54.6 Å². The van der Waals surface area contributed by atoms with Crippen molar-refractivity contribution < 1.29 is 33.7 Å². The van der Waals surface area contributed by atoms with Gasteiger partial charge in [-0.1, -0.05) is 73.8 Å². The van der Waals surface area contributed by atoms with Crippen molar-refractivity contribution in [3.63, 3.8) is 0 Å². The molecule has 0 bridgehead atoms. The van der Waals surface area contributed by atoms with Crippen LogP contribution < -0.4 is 5.32 Å². The molecule has 0 saturated carbocycles. The van der Waals surface area contributed by atoms with Crippen LogP contribution in [0, 0.1) is 0 Å². The zero-order chi connectivity index (χ0) is 17.8. The Morgan fingerprint density at radius 3 is 1.66 bits per heavy atom. The van der Waals surface area contributed by atoms with Crippen molar-refractivity contribution in [2.75, 3.05) is 13.2 Å². The third-order valence-corrected chi connectivity index (χ3v) is 2.92. The first-order chi connectivity index (χ1) is 10.7. The molecule has 8 heteroatoms. The minimum absolute atomic E-state index is 0. The summed E-state index contributed by atoms with van der Waals surface area (Å²) in [7, 11) is 0. The second-order valence-corrected chi connectivity index (χ2v) is 5.25. The zero-order valence-electron chi connectivity index (χ0n) is 14.2. The number of ether oxygens (including phenoxy) is 3. The molecule has 1 amide bonds. The Kier molecular flexibility index (Phi) is 72.0. The molecule has 0 aliphatic rings. The summed E-state index contributed by atoms with van der Waals surface area (Å²) in [6.07, 6.45) is -1.13. The Balaban J connectivity index is -0.0000000672. The van der Waals surface area contributed by atoms with Gasteiger partial charge in [-0.05, 0) is 13.3 Å². The lowest BCUT2D eigenvalue weighted by Crippen LogP contribution is -2.33. The number of alkyl carbamates (subject to hydrolysis) is 1. The van der Waals surface area contributed by atoms with Crippen LogP contribution in [0.3, 0.4) is 0 Å². The molecule has 0 aromatic carbocycles. The number of rotatable bonds is 10. The molecule has 3 unspecified atom stereocenters. The van der Waals surface area contributed by atoms with Crippen LogP contribution in [0.2, 0.25) is 0 Å². The average Bonchev–Trinajstić information content (AvgIpc) is 2.42. The number of aliphatic hydroxyl groups is 1. The Hall–Kier alpha value is -1.83. The third kappa shape index (κ3) is 38.7. The van der Waals surface area contributed by atoms with Gasteiger partial charge >= 0.3 is 18.0 Å². The quantitative estimate of drug-likeness (QED) is 0.200. The van der Waals surface area contributed by atoms with Gasteiger partial charge in [-0.15, -0.1) is 0 Å². The summed E-state index contributed by atoms with van der Waals surface area (Å²) < 4.78 is 14.9. The Bertz CT molecular complexity index is 391. The summed E-state index contributed by atoms with van der Waals surface area (Å²) in [5, 5.41) is 12.1. The standard InChI is InChI=1S/C15H27NO7.9CH4/c1-5-13(19)9-14(23-12(4)18)8-10(2)22-15(20)16-6-7-21-11(3)17;;;;;;;;;/h10,13-14,19H,5-9H2,1-4H3,(H,16,20);9*1H4. The van der Waals surface area contributed by atoms with Crippen LogP contribution in [0.4, 0.5) is 4.79 Å². The zero-order valence-corrected chi connectivity index (χ0v) is 14.2. The number of carbonyl (C=O) groups is 3. The van der Waals surface area contributed by atoms with Gasteiger partial charge in [-0.3, -0.25) is 9.59 Å². The lowest BCUT2D eigenvalue weighted by Gasteiger charge is -2.23. The van der Waals surface area contributed by atoms with Gasteiger partial charge in [0.1, 0.15) is 18.8 Å². The van der Waals surface area contributed by atoms with Crippen LogP contribution >= 0.6 is 0 Å². The van der Waals surface area contributed by atoms with Gasteiger partial charge in [-0.2, -0.15) is 0 Å². The Labute approximate surface area is 202 Å². The molecule has 0 saturated heterocycles. The monoisotopic (exact) mass is 477 g/mol. The molecule has 206 valence electrons. The van der Waals surface area contributed by atoms with Crippen molar-refractivity contribution in [1.82, 2.24) is 5.32 Å². The van der Waals surface area contributed by atoms with E-state index >= 15 is 0 Å². The van der Waals surface area contributed by atoms with E-state index in [4.69, 9.17) is 9.47 Å². The van der Waals surface area contributed by atoms with Crippen molar-refractivity contribution >= 4 is 18.0 Å². The van der Waals surface area contributed by atoms with E-state index in [1.165, 1.54) is 13.8 Å². The van der Waals surface area contributed by atoms with Gasteiger partial charge in [0.2, 0.25) is 0 Å². The summed E-state index contributed by atoms with van der Waals surface area (Å²) in [4.78, 5) is 33.2. The molecule has 0 spiro atoms. The van der Waals surface area contributed by atoms with Gasteiger partial charge < -0.3 is 24.6 Å². The summed E-state index contributed by atoms with van der Waals surface area (Å²) in [5.74, 6) is -0.872. The molecule has 0 aromatic heterocycles. The van der Waals surface area contributed by atoms with E-state index < -0.39 is 36.3 Å². The van der Waals surface area contributed by atoms with Crippen LogP contribution in [0.5, 0.6) is 0 Å². The molecule has 8 nitrogen and oxygen atoms in total. The molecule has 32 heavy (non-hydrogen) atoms. The first kappa shape index (κ1) is 63.1. The van der Waals surface area contributed by atoms with E-state index in [0.29, 0.717) is 6.42 Å². The normalized spacial score (nSPS) is 10.3. The van der Waals surface area contributed by atoms with Gasteiger partial charge in [0.05, 0.1) is 12.6 Å². The highest BCUT2D eigenvalue weighted by atomic mass is 16.6. The van der Waals surface area contributed by atoms with E-state index in [2.05, 4.69) is 10.1 Å². The number of amides is 1. The molecular weight excluding hydrogens is 414 g/mol. The van der Waals surface area contributed by atoms with E-state index in [1.54, 1.807) is 6.92 Å². The lowest BCUT2D eigenvalue weighted by molar-refractivity contribution is -0.149. The molecule has 0 aromatic rings. The fourth-order valence-corrected chi connectivity index (χ4v) is 1.89. The number of esters is 2. The smallest absolute Gasteiger partial charge is 0.407 e. The maximum absolute atomic E-state index is 11.5. The minimum atomic E-state index is -0.651. The molecule has 0 fully saturated rings. The van der Waals surface area contributed by atoms with Gasteiger partial charge in [0.25, 0.3) is 0 Å². The number of nitrogens with one attached hydrogen (secondary N) is 1. The molecule has 0 rings (SSSR count). The van der Waals surface area contributed by atoms with Gasteiger partial charge in [-0.25, -0.2) is 4.79 Å². The molecule has 0 heterocycles. The first-order valence-electron chi connectivity index (χ1n) is 7.67. The average molecular weight is 478 g/mol. The van der Waals surface area contributed by atoms with Crippen LogP contribution in [0.25, 0.3) is 0 Å². The highest BCUT2D eigenvalue weighted by molar-refractivity contribution is 5.68. The molecular formula is C24H63NO7. The van der Waals surface area contributed by atoms with Crippen molar-refractivity contribution in [1.29, 1.82) is 0 Å². The number of hydrogen-bond acceptors (Lipinski definition) is 7. The van der Waals surface area contributed by atoms with Crippen LogP contribution in [-0.2, 0) is 23.8 Å². The van der Waals surface area contributed by atoms with Crippen molar-refractivity contribution in [3.05, 3.63) is 0 Å². The molecule has 2 N–H and O–H groups in total. The SMILES string of the molecule is C.C.C.C.C.C.C.C.C.CCC(O)CC(CC(C)OC(=O)NCCOC(C)=O)OC(C)=O. The van der Waals surface area contributed by atoms with E-state index in [9.17, 15) is 19.5 Å². The number of carbonyl (C=O) groups excluding carboxylic acids is 3. The summed E-state index contributed by atoms with van der Waals surface area (Å²) in [6, 6.07) is 0. The van der Waals surface area contributed by atoms with Crippen LogP contribution in [0.1, 0.15) is 114 Å². The minimum Gasteiger partial charge on any atom is -0.464 e. The molecule has 0 aliphatic heterocycles. The molecule has 0 radical (unpaired) electrons. The highest BCUT2D eigenvalue weighted by Crippen LogP contribution is 2.14. The maximum atomic E-state index is 11.5. The van der Waals surface area contributed by atoms with Crippen LogP contribution in [0.15, 0.2) is 0 Å². The maximum Gasteiger partial charge on any atom is 0.407 e. The van der Waals surface area contributed by atoms with Crippen molar-refractivity contribution in [2.24, 2.45) is 0 Å².